The molecule has 1 aliphatic rings. The molecule has 0 saturated heterocycles. The van der Waals surface area contributed by atoms with Gasteiger partial charge in [-0.3, -0.25) is 0 Å². The Balaban J connectivity index is 2.20. The lowest BCUT2D eigenvalue weighted by atomic mass is 9.87. The van der Waals surface area contributed by atoms with Gasteiger partial charge in [0, 0.05) is 5.41 Å². The molecule has 0 saturated carbocycles. The van der Waals surface area contributed by atoms with Crippen LogP contribution in [0.15, 0.2) is 18.2 Å². The number of hydrogen-bond acceptors (Lipinski definition) is 3. The van der Waals surface area contributed by atoms with Crippen LogP contribution in [-0.2, 0) is 11.2 Å². The molecule has 0 unspecified atom stereocenters. The first-order valence-electron chi connectivity index (χ1n) is 4.96. The van der Waals surface area contributed by atoms with Crippen LogP contribution in [0.25, 0.3) is 0 Å². The minimum absolute atomic E-state index is 0.288. The summed E-state index contributed by atoms with van der Waals surface area (Å²) < 4.78 is 10.5. The fourth-order valence-corrected chi connectivity index (χ4v) is 1.62. The molecule has 1 aliphatic heterocycles. The van der Waals surface area contributed by atoms with Crippen LogP contribution < -0.4 is 9.47 Å². The second-order valence-corrected chi connectivity index (χ2v) is 4.47. The molecule has 1 aromatic rings. The summed E-state index contributed by atoms with van der Waals surface area (Å²) in [7, 11) is 0. The maximum Gasteiger partial charge on any atom is 0.231 e. The fraction of sp³-hybridized carbons (Fsp3) is 0.417. The first kappa shape index (κ1) is 10.0. The minimum atomic E-state index is -0.326. The lowest BCUT2D eigenvalue weighted by molar-refractivity contribution is -0.114. The molecule has 3 heteroatoms. The zero-order chi connectivity index (χ0) is 10.9. The van der Waals surface area contributed by atoms with Crippen molar-refractivity contribution in [3.05, 3.63) is 23.8 Å². The summed E-state index contributed by atoms with van der Waals surface area (Å²) in [5, 5.41) is 0. The maximum absolute atomic E-state index is 10.8. The molecule has 3 nitrogen and oxygen atoms in total. The summed E-state index contributed by atoms with van der Waals surface area (Å²) in [5.41, 5.74) is 0.768. The van der Waals surface area contributed by atoms with Gasteiger partial charge in [-0.05, 0) is 24.1 Å². The van der Waals surface area contributed by atoms with E-state index in [1.54, 1.807) is 0 Å². The van der Waals surface area contributed by atoms with Crippen LogP contribution in [0, 0.1) is 5.41 Å². The summed E-state index contributed by atoms with van der Waals surface area (Å²) in [5.74, 6) is 1.55. The van der Waals surface area contributed by atoms with Gasteiger partial charge >= 0.3 is 0 Å². The van der Waals surface area contributed by atoms with E-state index in [9.17, 15) is 4.79 Å². The molecule has 0 aromatic heterocycles. The van der Waals surface area contributed by atoms with Gasteiger partial charge in [-0.25, -0.2) is 0 Å². The molecule has 15 heavy (non-hydrogen) atoms. The Bertz CT molecular complexity index is 382. The second-order valence-electron chi connectivity index (χ2n) is 4.47. The highest BCUT2D eigenvalue weighted by molar-refractivity contribution is 5.59. The Labute approximate surface area is 89.0 Å². The highest BCUT2D eigenvalue weighted by atomic mass is 16.7. The molecule has 1 heterocycles. The largest absolute Gasteiger partial charge is 0.454 e. The average molecular weight is 206 g/mol. The zero-order valence-corrected chi connectivity index (χ0v) is 8.95. The normalized spacial score (nSPS) is 14.0. The van der Waals surface area contributed by atoms with E-state index in [-0.39, 0.29) is 12.2 Å². The summed E-state index contributed by atoms with van der Waals surface area (Å²) >= 11 is 0. The van der Waals surface area contributed by atoms with Gasteiger partial charge in [-0.1, -0.05) is 19.9 Å². The number of carbonyl (C=O) groups is 1. The van der Waals surface area contributed by atoms with Crippen LogP contribution in [0.1, 0.15) is 19.4 Å². The molecule has 0 spiro atoms. The maximum atomic E-state index is 10.8. The van der Waals surface area contributed by atoms with Crippen molar-refractivity contribution in [2.24, 2.45) is 5.41 Å². The molecular formula is C12H14O3. The Morgan fingerprint density at radius 3 is 2.80 bits per heavy atom. The van der Waals surface area contributed by atoms with Gasteiger partial charge < -0.3 is 14.3 Å². The van der Waals surface area contributed by atoms with E-state index < -0.39 is 0 Å². The van der Waals surface area contributed by atoms with Crippen molar-refractivity contribution in [3.8, 4) is 11.5 Å². The van der Waals surface area contributed by atoms with Crippen molar-refractivity contribution in [2.45, 2.75) is 20.3 Å². The van der Waals surface area contributed by atoms with E-state index in [1.807, 2.05) is 32.0 Å². The van der Waals surface area contributed by atoms with Crippen molar-refractivity contribution in [1.82, 2.24) is 0 Å². The molecular weight excluding hydrogens is 192 g/mol. The molecule has 1 aromatic carbocycles. The predicted octanol–water partition coefficient (Wildman–Crippen LogP) is 2.18. The lowest BCUT2D eigenvalue weighted by Gasteiger charge is -2.16. The molecule has 0 N–H and O–H groups in total. The topological polar surface area (TPSA) is 35.5 Å². The Hall–Kier alpha value is -1.51. The number of hydrogen-bond donors (Lipinski definition) is 0. The van der Waals surface area contributed by atoms with Crippen LogP contribution in [0.5, 0.6) is 11.5 Å². The highest BCUT2D eigenvalue weighted by Crippen LogP contribution is 2.34. The Morgan fingerprint density at radius 1 is 1.33 bits per heavy atom. The van der Waals surface area contributed by atoms with E-state index >= 15 is 0 Å². The van der Waals surface area contributed by atoms with Gasteiger partial charge in [0.05, 0.1) is 0 Å². The molecule has 0 radical (unpaired) electrons. The standard InChI is InChI=1S/C12H14O3/c1-12(2,7-13)6-9-3-4-10-11(5-9)15-8-14-10/h3-5,7H,6,8H2,1-2H3. The monoisotopic (exact) mass is 206 g/mol. The van der Waals surface area contributed by atoms with Crippen molar-refractivity contribution >= 4 is 6.29 Å². The zero-order valence-electron chi connectivity index (χ0n) is 8.95. The SMILES string of the molecule is CC(C)(C=O)Cc1ccc2c(c1)OCO2. The number of carbonyl (C=O) groups excluding carboxylic acids is 1. The number of benzene rings is 1. The van der Waals surface area contributed by atoms with Gasteiger partial charge in [0.25, 0.3) is 0 Å². The predicted molar refractivity (Wildman–Crippen MR) is 56.1 cm³/mol. The summed E-state index contributed by atoms with van der Waals surface area (Å²) in [6.45, 7) is 4.13. The van der Waals surface area contributed by atoms with Crippen LogP contribution in [-0.4, -0.2) is 13.1 Å². The third-order valence-electron chi connectivity index (χ3n) is 2.42. The minimum Gasteiger partial charge on any atom is -0.454 e. The van der Waals surface area contributed by atoms with Crippen molar-refractivity contribution in [2.75, 3.05) is 6.79 Å². The molecule has 80 valence electrons. The Kier molecular flexibility index (Phi) is 2.39. The summed E-state index contributed by atoms with van der Waals surface area (Å²) in [6, 6.07) is 5.80. The molecule has 0 amide bonds. The van der Waals surface area contributed by atoms with E-state index in [1.165, 1.54) is 0 Å². The smallest absolute Gasteiger partial charge is 0.231 e. The van der Waals surface area contributed by atoms with Gasteiger partial charge in [-0.15, -0.1) is 0 Å². The summed E-state index contributed by atoms with van der Waals surface area (Å²) in [4.78, 5) is 10.8. The first-order chi connectivity index (χ1) is 7.11. The first-order valence-corrected chi connectivity index (χ1v) is 4.96. The van der Waals surface area contributed by atoms with Crippen LogP contribution in [0.3, 0.4) is 0 Å². The van der Waals surface area contributed by atoms with Crippen molar-refractivity contribution in [1.29, 1.82) is 0 Å². The second kappa shape index (κ2) is 3.57. The Morgan fingerprint density at radius 2 is 2.07 bits per heavy atom. The van der Waals surface area contributed by atoms with E-state index in [0.717, 1.165) is 23.3 Å². The average Bonchev–Trinajstić information content (AvgIpc) is 2.64. The van der Waals surface area contributed by atoms with Gasteiger partial charge in [-0.2, -0.15) is 0 Å². The molecule has 0 fully saturated rings. The van der Waals surface area contributed by atoms with Crippen molar-refractivity contribution in [3.63, 3.8) is 0 Å². The molecule has 0 bridgehead atoms. The van der Waals surface area contributed by atoms with Gasteiger partial charge in [0.1, 0.15) is 6.29 Å². The third kappa shape index (κ3) is 2.12. The number of fused-ring (bicyclic) bond motifs is 1. The molecule has 0 aliphatic carbocycles. The number of ether oxygens (including phenoxy) is 2. The van der Waals surface area contributed by atoms with Gasteiger partial charge in [0.2, 0.25) is 6.79 Å². The van der Waals surface area contributed by atoms with E-state index in [4.69, 9.17) is 9.47 Å². The quantitative estimate of drug-likeness (QED) is 0.711. The number of rotatable bonds is 3. The third-order valence-corrected chi connectivity index (χ3v) is 2.42. The van der Waals surface area contributed by atoms with Crippen LogP contribution in [0.2, 0.25) is 0 Å². The van der Waals surface area contributed by atoms with Crippen LogP contribution >= 0.6 is 0 Å². The van der Waals surface area contributed by atoms with Gasteiger partial charge in [0.15, 0.2) is 11.5 Å². The summed E-state index contributed by atoms with van der Waals surface area (Å²) in [6.07, 6.45) is 1.70. The number of aldehydes is 1. The van der Waals surface area contributed by atoms with E-state index in [2.05, 4.69) is 0 Å². The molecule has 0 atom stereocenters. The fourth-order valence-electron chi connectivity index (χ4n) is 1.62. The van der Waals surface area contributed by atoms with Crippen molar-refractivity contribution < 1.29 is 14.3 Å². The molecule has 2 rings (SSSR count). The van der Waals surface area contributed by atoms with E-state index in [0.29, 0.717) is 6.42 Å². The highest BCUT2D eigenvalue weighted by Gasteiger charge is 2.19. The lowest BCUT2D eigenvalue weighted by Crippen LogP contribution is -2.16. The van der Waals surface area contributed by atoms with Crippen LogP contribution in [0.4, 0.5) is 0 Å².